The molecule has 7 heteroatoms. The Morgan fingerprint density at radius 1 is 1.00 bits per heavy atom. The number of benzene rings is 2. The fourth-order valence-corrected chi connectivity index (χ4v) is 4.14. The number of amides is 1. The molecule has 0 fully saturated rings. The Labute approximate surface area is 173 Å². The number of nitrogens with one attached hydrogen (secondary N) is 1. The van der Waals surface area contributed by atoms with Crippen LogP contribution in [0.1, 0.15) is 43.1 Å². The first-order valence-electron chi connectivity index (χ1n) is 10.0. The van der Waals surface area contributed by atoms with E-state index in [1.165, 1.54) is 9.87 Å². The van der Waals surface area contributed by atoms with Crippen molar-refractivity contribution in [2.45, 2.75) is 33.6 Å². The molecule has 2 aromatic rings. The molecule has 0 spiro atoms. The minimum atomic E-state index is -3.32. The van der Waals surface area contributed by atoms with Gasteiger partial charge in [0.15, 0.2) is 0 Å². The first-order chi connectivity index (χ1) is 13.9. The van der Waals surface area contributed by atoms with Crippen LogP contribution in [0.4, 0.5) is 5.69 Å². The third-order valence-corrected chi connectivity index (χ3v) is 6.44. The van der Waals surface area contributed by atoms with Gasteiger partial charge in [0.1, 0.15) is 5.75 Å². The second-order valence-corrected chi connectivity index (χ2v) is 8.73. The van der Waals surface area contributed by atoms with Gasteiger partial charge in [-0.15, -0.1) is 0 Å². The smallest absolute Gasteiger partial charge is 0.251 e. The van der Waals surface area contributed by atoms with Crippen LogP contribution in [0, 0.1) is 0 Å². The largest absolute Gasteiger partial charge is 0.494 e. The van der Waals surface area contributed by atoms with Gasteiger partial charge in [0.2, 0.25) is 10.0 Å². The van der Waals surface area contributed by atoms with E-state index in [0.717, 1.165) is 18.6 Å². The molecule has 29 heavy (non-hydrogen) atoms. The van der Waals surface area contributed by atoms with E-state index in [2.05, 4.69) is 5.32 Å². The van der Waals surface area contributed by atoms with Gasteiger partial charge in [0.05, 0.1) is 18.0 Å². The summed E-state index contributed by atoms with van der Waals surface area (Å²) in [5.41, 5.74) is 2.28. The van der Waals surface area contributed by atoms with E-state index in [9.17, 15) is 13.2 Å². The maximum atomic E-state index is 12.3. The molecular weight excluding hydrogens is 388 g/mol. The number of ether oxygens (including phenoxy) is 1. The Kier molecular flexibility index (Phi) is 8.51. The zero-order valence-corrected chi connectivity index (χ0v) is 18.2. The van der Waals surface area contributed by atoms with E-state index in [1.807, 2.05) is 31.2 Å². The first kappa shape index (κ1) is 22.7. The Morgan fingerprint density at radius 3 is 2.21 bits per heavy atom. The van der Waals surface area contributed by atoms with Crippen LogP contribution in [0.15, 0.2) is 48.5 Å². The number of nitrogens with zero attached hydrogens (tertiary/aromatic N) is 1. The molecule has 0 aliphatic heterocycles. The SMILES string of the molecule is CCOc1ccc(CCCNC(=O)c2ccc(N(CC)S(=O)(=O)CC)cc2)cc1. The quantitative estimate of drug-likeness (QED) is 0.566. The summed E-state index contributed by atoms with van der Waals surface area (Å²) < 4.78 is 31.0. The van der Waals surface area contributed by atoms with E-state index in [4.69, 9.17) is 4.74 Å². The molecule has 2 aromatic carbocycles. The third kappa shape index (κ3) is 6.49. The van der Waals surface area contributed by atoms with E-state index in [1.54, 1.807) is 38.1 Å². The molecule has 158 valence electrons. The Bertz CT molecular complexity index is 878. The molecule has 1 amide bonds. The van der Waals surface area contributed by atoms with E-state index >= 15 is 0 Å². The van der Waals surface area contributed by atoms with Crippen LogP contribution >= 0.6 is 0 Å². The van der Waals surface area contributed by atoms with Crippen molar-refractivity contribution in [1.82, 2.24) is 5.32 Å². The summed E-state index contributed by atoms with van der Waals surface area (Å²) in [5, 5.41) is 2.91. The molecule has 6 nitrogen and oxygen atoms in total. The molecule has 0 aliphatic carbocycles. The standard InChI is InChI=1S/C22H30N2O4S/c1-4-24(29(26,27)6-3)20-13-11-19(12-14-20)22(25)23-17-7-8-18-9-15-21(16-10-18)28-5-2/h9-16H,4-8,17H2,1-3H3,(H,23,25). The van der Waals surface area contributed by atoms with Crippen LogP contribution in [0.2, 0.25) is 0 Å². The van der Waals surface area contributed by atoms with Crippen LogP contribution in [0.5, 0.6) is 5.75 Å². The summed E-state index contributed by atoms with van der Waals surface area (Å²) in [7, 11) is -3.32. The van der Waals surface area contributed by atoms with Gasteiger partial charge in [-0.2, -0.15) is 0 Å². The van der Waals surface area contributed by atoms with Gasteiger partial charge < -0.3 is 10.1 Å². The lowest BCUT2D eigenvalue weighted by Gasteiger charge is -2.22. The molecule has 0 aliphatic rings. The van der Waals surface area contributed by atoms with Crippen molar-refractivity contribution >= 4 is 21.6 Å². The van der Waals surface area contributed by atoms with Crippen LogP contribution in [0.3, 0.4) is 0 Å². The van der Waals surface area contributed by atoms with Gasteiger partial charge in [-0.05, 0) is 75.6 Å². The summed E-state index contributed by atoms with van der Waals surface area (Å²) >= 11 is 0. The Morgan fingerprint density at radius 2 is 1.66 bits per heavy atom. The fourth-order valence-electron chi connectivity index (χ4n) is 2.99. The average Bonchev–Trinajstić information content (AvgIpc) is 2.73. The van der Waals surface area contributed by atoms with Gasteiger partial charge in [-0.3, -0.25) is 9.10 Å². The van der Waals surface area contributed by atoms with Gasteiger partial charge in [0.25, 0.3) is 5.91 Å². The van der Waals surface area contributed by atoms with E-state index in [0.29, 0.717) is 30.9 Å². The highest BCUT2D eigenvalue weighted by atomic mass is 32.2. The predicted octanol–water partition coefficient (Wildman–Crippen LogP) is 3.62. The summed E-state index contributed by atoms with van der Waals surface area (Å²) in [5.74, 6) is 0.739. The zero-order valence-electron chi connectivity index (χ0n) is 17.3. The number of aryl methyl sites for hydroxylation is 1. The molecule has 0 bridgehead atoms. The topological polar surface area (TPSA) is 75.7 Å². The molecule has 0 unspecified atom stereocenters. The molecule has 0 saturated carbocycles. The minimum absolute atomic E-state index is 0.0391. The third-order valence-electron chi connectivity index (χ3n) is 4.57. The van der Waals surface area contributed by atoms with E-state index in [-0.39, 0.29) is 11.7 Å². The summed E-state index contributed by atoms with van der Waals surface area (Å²) in [6.45, 7) is 6.94. The van der Waals surface area contributed by atoms with Gasteiger partial charge in [0, 0.05) is 18.7 Å². The molecule has 0 heterocycles. The minimum Gasteiger partial charge on any atom is -0.494 e. The molecule has 0 aromatic heterocycles. The maximum absolute atomic E-state index is 12.3. The van der Waals surface area contributed by atoms with Crippen LogP contribution in [-0.2, 0) is 16.4 Å². The lowest BCUT2D eigenvalue weighted by atomic mass is 10.1. The average molecular weight is 419 g/mol. The second-order valence-electron chi connectivity index (χ2n) is 6.55. The number of anilines is 1. The predicted molar refractivity (Wildman–Crippen MR) is 117 cm³/mol. The number of hydrogen-bond acceptors (Lipinski definition) is 4. The van der Waals surface area contributed by atoms with Crippen molar-refractivity contribution in [3.63, 3.8) is 0 Å². The Balaban J connectivity index is 1.84. The maximum Gasteiger partial charge on any atom is 0.251 e. The van der Waals surface area contributed by atoms with Crippen molar-refractivity contribution in [3.8, 4) is 5.75 Å². The van der Waals surface area contributed by atoms with E-state index < -0.39 is 10.0 Å². The highest BCUT2D eigenvalue weighted by Gasteiger charge is 2.18. The highest BCUT2D eigenvalue weighted by Crippen LogP contribution is 2.19. The van der Waals surface area contributed by atoms with Crippen molar-refractivity contribution in [2.75, 3.05) is 29.8 Å². The second kappa shape index (κ2) is 10.9. The van der Waals surface area contributed by atoms with Crippen molar-refractivity contribution in [2.24, 2.45) is 0 Å². The molecule has 0 saturated heterocycles. The Hall–Kier alpha value is -2.54. The van der Waals surface area contributed by atoms with Crippen LogP contribution < -0.4 is 14.4 Å². The molecular formula is C22H30N2O4S. The zero-order chi connectivity index (χ0) is 21.3. The van der Waals surface area contributed by atoms with Crippen molar-refractivity contribution in [3.05, 3.63) is 59.7 Å². The normalized spacial score (nSPS) is 11.1. The summed E-state index contributed by atoms with van der Waals surface area (Å²) in [4.78, 5) is 12.3. The van der Waals surface area contributed by atoms with Crippen molar-refractivity contribution in [1.29, 1.82) is 0 Å². The van der Waals surface area contributed by atoms with Gasteiger partial charge in [-0.25, -0.2) is 8.42 Å². The van der Waals surface area contributed by atoms with Gasteiger partial charge in [-0.1, -0.05) is 12.1 Å². The lowest BCUT2D eigenvalue weighted by Crippen LogP contribution is -2.32. The van der Waals surface area contributed by atoms with Gasteiger partial charge >= 0.3 is 0 Å². The number of hydrogen-bond donors (Lipinski definition) is 1. The number of carbonyl (C=O) groups excluding carboxylic acids is 1. The molecule has 0 atom stereocenters. The monoisotopic (exact) mass is 418 g/mol. The summed E-state index contributed by atoms with van der Waals surface area (Å²) in [6, 6.07) is 14.6. The molecule has 1 N–H and O–H groups in total. The number of sulfonamides is 1. The first-order valence-corrected chi connectivity index (χ1v) is 11.6. The van der Waals surface area contributed by atoms with Crippen molar-refractivity contribution < 1.29 is 17.9 Å². The lowest BCUT2D eigenvalue weighted by molar-refractivity contribution is 0.0953. The van der Waals surface area contributed by atoms with Crippen LogP contribution in [-0.4, -0.2) is 39.8 Å². The molecule has 2 rings (SSSR count). The fraction of sp³-hybridized carbons (Fsp3) is 0.409. The highest BCUT2D eigenvalue weighted by molar-refractivity contribution is 7.92. The van der Waals surface area contributed by atoms with Crippen LogP contribution in [0.25, 0.3) is 0 Å². The summed E-state index contributed by atoms with van der Waals surface area (Å²) in [6.07, 6.45) is 1.70. The molecule has 0 radical (unpaired) electrons. The number of rotatable bonds is 11. The number of carbonyl (C=O) groups is 1.